The fraction of sp³-hybridized carbons (Fsp3) is 0.357. The summed E-state index contributed by atoms with van der Waals surface area (Å²) >= 11 is 1.98. The molecule has 1 aromatic rings. The minimum atomic E-state index is -0.319. The lowest BCUT2D eigenvalue weighted by Crippen LogP contribution is -2.27. The normalized spacial score (nSPS) is 14.9. The van der Waals surface area contributed by atoms with Crippen LogP contribution < -0.4 is 10.6 Å². The average molecular weight is 374 g/mol. The van der Waals surface area contributed by atoms with Gasteiger partial charge < -0.3 is 10.6 Å². The van der Waals surface area contributed by atoms with Crippen LogP contribution in [-0.2, 0) is 0 Å². The number of rotatable bonds is 4. The molecule has 102 valence electrons. The first-order valence-electron chi connectivity index (χ1n) is 6.28. The first-order chi connectivity index (χ1) is 9.16. The molecule has 0 fully saturated rings. The Labute approximate surface area is 125 Å². The summed E-state index contributed by atoms with van der Waals surface area (Å²) in [5.74, 6) is -0.459. The lowest BCUT2D eigenvalue weighted by Gasteiger charge is -2.14. The molecular formula is C14H16FIN2O. The van der Waals surface area contributed by atoms with E-state index in [2.05, 4.69) is 16.7 Å². The summed E-state index contributed by atoms with van der Waals surface area (Å²) in [4.78, 5) is 11.9. The number of hydrogen-bond donors (Lipinski definition) is 2. The minimum Gasteiger partial charge on any atom is -0.352 e. The number of benzene rings is 1. The van der Waals surface area contributed by atoms with E-state index in [9.17, 15) is 9.18 Å². The van der Waals surface area contributed by atoms with Crippen molar-refractivity contribution in [2.75, 3.05) is 19.6 Å². The molecule has 1 aromatic carbocycles. The quantitative estimate of drug-likeness (QED) is 0.628. The molecule has 0 atom stereocenters. The highest BCUT2D eigenvalue weighted by atomic mass is 127. The zero-order chi connectivity index (χ0) is 13.7. The van der Waals surface area contributed by atoms with E-state index in [-0.39, 0.29) is 11.7 Å². The molecule has 0 aromatic heterocycles. The molecule has 0 saturated carbocycles. The van der Waals surface area contributed by atoms with E-state index < -0.39 is 0 Å². The SMILES string of the molecule is O=C(NCCC1=CCNCC1)c1ccc(F)cc1I. The molecule has 2 rings (SSSR count). The van der Waals surface area contributed by atoms with Gasteiger partial charge in [0.05, 0.1) is 5.56 Å². The van der Waals surface area contributed by atoms with Crippen molar-refractivity contribution in [1.82, 2.24) is 10.6 Å². The molecule has 1 aliphatic rings. The summed E-state index contributed by atoms with van der Waals surface area (Å²) in [5, 5.41) is 6.13. The van der Waals surface area contributed by atoms with Crippen LogP contribution in [0.2, 0.25) is 0 Å². The van der Waals surface area contributed by atoms with Crippen molar-refractivity contribution in [2.24, 2.45) is 0 Å². The van der Waals surface area contributed by atoms with Crippen LogP contribution in [-0.4, -0.2) is 25.5 Å². The molecule has 0 aliphatic carbocycles. The third kappa shape index (κ3) is 4.28. The molecule has 5 heteroatoms. The van der Waals surface area contributed by atoms with Gasteiger partial charge in [-0.25, -0.2) is 4.39 Å². The van der Waals surface area contributed by atoms with Crippen LogP contribution in [0.15, 0.2) is 29.8 Å². The summed E-state index contributed by atoms with van der Waals surface area (Å²) in [5.41, 5.74) is 1.91. The largest absolute Gasteiger partial charge is 0.352 e. The second kappa shape index (κ2) is 7.00. The monoisotopic (exact) mass is 374 g/mol. The molecule has 19 heavy (non-hydrogen) atoms. The Kier molecular flexibility index (Phi) is 5.33. The van der Waals surface area contributed by atoms with Crippen molar-refractivity contribution in [1.29, 1.82) is 0 Å². The van der Waals surface area contributed by atoms with E-state index in [1.165, 1.54) is 23.8 Å². The molecule has 0 bridgehead atoms. The first-order valence-corrected chi connectivity index (χ1v) is 7.36. The Morgan fingerprint density at radius 1 is 1.47 bits per heavy atom. The molecule has 0 unspecified atom stereocenters. The van der Waals surface area contributed by atoms with E-state index >= 15 is 0 Å². The van der Waals surface area contributed by atoms with E-state index in [1.807, 2.05) is 22.6 Å². The third-order valence-electron chi connectivity index (χ3n) is 3.07. The van der Waals surface area contributed by atoms with Gasteiger partial charge in [0.2, 0.25) is 0 Å². The maximum absolute atomic E-state index is 13.0. The van der Waals surface area contributed by atoms with Gasteiger partial charge in [-0.05, 0) is 60.2 Å². The van der Waals surface area contributed by atoms with Crippen molar-refractivity contribution in [3.8, 4) is 0 Å². The predicted octanol–water partition coefficient (Wildman–Crippen LogP) is 2.47. The maximum Gasteiger partial charge on any atom is 0.252 e. The fourth-order valence-corrected chi connectivity index (χ4v) is 2.72. The van der Waals surface area contributed by atoms with Crippen LogP contribution in [0, 0.1) is 9.39 Å². The summed E-state index contributed by atoms with van der Waals surface area (Å²) in [6, 6.07) is 4.20. The zero-order valence-corrected chi connectivity index (χ0v) is 12.7. The van der Waals surface area contributed by atoms with Gasteiger partial charge in [0.15, 0.2) is 0 Å². The highest BCUT2D eigenvalue weighted by Gasteiger charge is 2.10. The van der Waals surface area contributed by atoms with E-state index in [1.54, 1.807) is 0 Å². The lowest BCUT2D eigenvalue weighted by atomic mass is 10.1. The summed E-state index contributed by atoms with van der Waals surface area (Å²) in [6.45, 7) is 2.55. The number of nitrogens with one attached hydrogen (secondary N) is 2. The molecule has 1 aliphatic heterocycles. The summed E-state index contributed by atoms with van der Waals surface area (Å²) < 4.78 is 13.6. The summed E-state index contributed by atoms with van der Waals surface area (Å²) in [6.07, 6.45) is 4.10. The fourth-order valence-electron chi connectivity index (χ4n) is 2.00. The second-order valence-corrected chi connectivity index (χ2v) is 5.61. The van der Waals surface area contributed by atoms with Gasteiger partial charge in [-0.3, -0.25) is 4.79 Å². The number of carbonyl (C=O) groups excluding carboxylic acids is 1. The standard InChI is InChI=1S/C14H16FIN2O/c15-11-1-2-12(13(16)9-11)14(19)18-8-5-10-3-6-17-7-4-10/h1-3,9,17H,4-8H2,(H,18,19). The molecule has 3 nitrogen and oxygen atoms in total. The summed E-state index contributed by atoms with van der Waals surface area (Å²) in [7, 11) is 0. The number of carbonyl (C=O) groups is 1. The van der Waals surface area contributed by atoms with Crippen molar-refractivity contribution in [3.05, 3.63) is 44.8 Å². The smallest absolute Gasteiger partial charge is 0.252 e. The Morgan fingerprint density at radius 3 is 3.00 bits per heavy atom. The predicted molar refractivity (Wildman–Crippen MR) is 81.6 cm³/mol. The zero-order valence-electron chi connectivity index (χ0n) is 10.5. The highest BCUT2D eigenvalue weighted by molar-refractivity contribution is 14.1. The van der Waals surface area contributed by atoms with Gasteiger partial charge >= 0.3 is 0 Å². The molecule has 0 radical (unpaired) electrons. The topological polar surface area (TPSA) is 41.1 Å². The van der Waals surface area contributed by atoms with E-state index in [0.29, 0.717) is 15.7 Å². The van der Waals surface area contributed by atoms with Crippen LogP contribution in [0.4, 0.5) is 4.39 Å². The Hall–Kier alpha value is -0.950. The van der Waals surface area contributed by atoms with Crippen LogP contribution in [0.3, 0.4) is 0 Å². The third-order valence-corrected chi connectivity index (χ3v) is 3.96. The molecular weight excluding hydrogens is 358 g/mol. The van der Waals surface area contributed by atoms with Gasteiger partial charge in [0.25, 0.3) is 5.91 Å². The molecule has 2 N–H and O–H groups in total. The lowest BCUT2D eigenvalue weighted by molar-refractivity contribution is 0.0953. The van der Waals surface area contributed by atoms with E-state index in [4.69, 9.17) is 0 Å². The second-order valence-electron chi connectivity index (χ2n) is 4.45. The maximum atomic E-state index is 13.0. The van der Waals surface area contributed by atoms with Gasteiger partial charge in [-0.1, -0.05) is 11.6 Å². The van der Waals surface area contributed by atoms with Crippen LogP contribution in [0.25, 0.3) is 0 Å². The molecule has 1 heterocycles. The number of hydrogen-bond acceptors (Lipinski definition) is 2. The Balaban J connectivity index is 1.85. The molecule has 0 spiro atoms. The van der Waals surface area contributed by atoms with Crippen molar-refractivity contribution in [2.45, 2.75) is 12.8 Å². The van der Waals surface area contributed by atoms with E-state index in [0.717, 1.165) is 25.9 Å². The van der Waals surface area contributed by atoms with Gasteiger partial charge in [-0.15, -0.1) is 0 Å². The van der Waals surface area contributed by atoms with Crippen molar-refractivity contribution in [3.63, 3.8) is 0 Å². The number of amides is 1. The molecule has 1 amide bonds. The Bertz CT molecular complexity index is 502. The highest BCUT2D eigenvalue weighted by Crippen LogP contribution is 2.14. The van der Waals surface area contributed by atoms with Crippen molar-refractivity contribution < 1.29 is 9.18 Å². The first kappa shape index (κ1) is 14.5. The van der Waals surface area contributed by atoms with Gasteiger partial charge in [0, 0.05) is 16.7 Å². The van der Waals surface area contributed by atoms with Crippen LogP contribution >= 0.6 is 22.6 Å². The van der Waals surface area contributed by atoms with Crippen LogP contribution in [0.5, 0.6) is 0 Å². The molecule has 0 saturated heterocycles. The Morgan fingerprint density at radius 2 is 2.32 bits per heavy atom. The minimum absolute atomic E-state index is 0.140. The van der Waals surface area contributed by atoms with Crippen LogP contribution in [0.1, 0.15) is 23.2 Å². The van der Waals surface area contributed by atoms with Crippen molar-refractivity contribution >= 4 is 28.5 Å². The van der Waals surface area contributed by atoms with Gasteiger partial charge in [-0.2, -0.15) is 0 Å². The average Bonchev–Trinajstić information content (AvgIpc) is 2.39. The van der Waals surface area contributed by atoms with Gasteiger partial charge in [0.1, 0.15) is 5.82 Å². The number of halogens is 2.